The fourth-order valence-electron chi connectivity index (χ4n) is 1.80. The molecular weight excluding hydrogens is 242 g/mol. The summed E-state index contributed by atoms with van der Waals surface area (Å²) in [6, 6.07) is 7.51. The number of hydrogen-bond donors (Lipinski definition) is 1. The number of nitrogens with two attached hydrogens (primary N) is 1. The minimum atomic E-state index is -0.734. The number of carbonyl (C=O) groups excluding carboxylic acids is 1. The van der Waals surface area contributed by atoms with E-state index in [1.54, 1.807) is 6.92 Å². The summed E-state index contributed by atoms with van der Waals surface area (Å²) in [5.41, 5.74) is 6.33. The number of benzene rings is 1. The van der Waals surface area contributed by atoms with Crippen molar-refractivity contribution < 1.29 is 14.3 Å². The molecule has 0 aliphatic carbocycles. The van der Waals surface area contributed by atoms with E-state index in [-0.39, 0.29) is 18.5 Å². The molecule has 1 atom stereocenters. The van der Waals surface area contributed by atoms with Crippen molar-refractivity contribution in [3.05, 3.63) is 29.8 Å². The van der Waals surface area contributed by atoms with Crippen LogP contribution in [-0.4, -0.2) is 18.7 Å². The van der Waals surface area contributed by atoms with Crippen molar-refractivity contribution in [2.75, 3.05) is 6.61 Å². The average Bonchev–Trinajstić information content (AvgIpc) is 2.28. The Bertz CT molecular complexity index is 410. The second-order valence-corrected chi connectivity index (χ2v) is 5.09. The van der Waals surface area contributed by atoms with Crippen LogP contribution in [0.3, 0.4) is 0 Å². The lowest BCUT2D eigenvalue weighted by atomic mass is 9.90. The number of rotatable bonds is 6. The summed E-state index contributed by atoms with van der Waals surface area (Å²) in [6.07, 6.45) is 0.292. The SMILES string of the molecule is CCOC(=O)CC(C)(N)c1ccc(OC(C)C)cc1. The molecule has 0 fully saturated rings. The van der Waals surface area contributed by atoms with Gasteiger partial charge in [-0.3, -0.25) is 4.79 Å². The van der Waals surface area contributed by atoms with E-state index in [2.05, 4.69) is 0 Å². The summed E-state index contributed by atoms with van der Waals surface area (Å²) < 4.78 is 10.5. The monoisotopic (exact) mass is 265 g/mol. The van der Waals surface area contributed by atoms with Crippen LogP contribution in [0, 0.1) is 0 Å². The van der Waals surface area contributed by atoms with Crippen molar-refractivity contribution in [3.63, 3.8) is 0 Å². The van der Waals surface area contributed by atoms with Gasteiger partial charge in [0.15, 0.2) is 0 Å². The molecule has 0 saturated carbocycles. The van der Waals surface area contributed by atoms with Crippen molar-refractivity contribution in [2.24, 2.45) is 5.73 Å². The van der Waals surface area contributed by atoms with Gasteiger partial charge >= 0.3 is 5.97 Å². The first-order valence-electron chi connectivity index (χ1n) is 6.57. The molecule has 0 spiro atoms. The maximum Gasteiger partial charge on any atom is 0.307 e. The molecule has 1 rings (SSSR count). The highest BCUT2D eigenvalue weighted by Gasteiger charge is 2.25. The summed E-state index contributed by atoms with van der Waals surface area (Å²) in [5.74, 6) is 0.515. The zero-order valence-corrected chi connectivity index (χ0v) is 12.1. The Kier molecular flexibility index (Phi) is 5.36. The number of ether oxygens (including phenoxy) is 2. The number of esters is 1. The maximum atomic E-state index is 11.5. The van der Waals surface area contributed by atoms with Gasteiger partial charge in [0.1, 0.15) is 5.75 Å². The molecule has 2 N–H and O–H groups in total. The van der Waals surface area contributed by atoms with Crippen molar-refractivity contribution in [1.82, 2.24) is 0 Å². The van der Waals surface area contributed by atoms with Crippen LogP contribution in [0.25, 0.3) is 0 Å². The van der Waals surface area contributed by atoms with E-state index in [0.29, 0.717) is 6.61 Å². The van der Waals surface area contributed by atoms with Crippen LogP contribution in [0.5, 0.6) is 5.75 Å². The third kappa shape index (κ3) is 4.91. The van der Waals surface area contributed by atoms with Crippen molar-refractivity contribution >= 4 is 5.97 Å². The highest BCUT2D eigenvalue weighted by atomic mass is 16.5. The lowest BCUT2D eigenvalue weighted by Gasteiger charge is -2.24. The molecule has 0 heterocycles. The predicted octanol–water partition coefficient (Wildman–Crippen LogP) is 2.60. The van der Waals surface area contributed by atoms with Gasteiger partial charge in [0, 0.05) is 5.54 Å². The Balaban J connectivity index is 2.75. The molecule has 0 saturated heterocycles. The van der Waals surface area contributed by atoms with Crippen LogP contribution in [0.4, 0.5) is 0 Å². The highest BCUT2D eigenvalue weighted by molar-refractivity contribution is 5.71. The lowest BCUT2D eigenvalue weighted by molar-refractivity contribution is -0.144. The van der Waals surface area contributed by atoms with Crippen LogP contribution in [0.2, 0.25) is 0 Å². The Morgan fingerprint density at radius 3 is 2.37 bits per heavy atom. The highest BCUT2D eigenvalue weighted by Crippen LogP contribution is 2.24. The van der Waals surface area contributed by atoms with Gasteiger partial charge in [-0.15, -0.1) is 0 Å². The van der Waals surface area contributed by atoms with Gasteiger partial charge in [-0.2, -0.15) is 0 Å². The van der Waals surface area contributed by atoms with Gasteiger partial charge in [0.25, 0.3) is 0 Å². The van der Waals surface area contributed by atoms with Crippen LogP contribution in [-0.2, 0) is 15.1 Å². The molecule has 0 aromatic heterocycles. The molecule has 106 valence electrons. The maximum absolute atomic E-state index is 11.5. The van der Waals surface area contributed by atoms with Gasteiger partial charge in [-0.25, -0.2) is 0 Å². The number of hydrogen-bond acceptors (Lipinski definition) is 4. The van der Waals surface area contributed by atoms with E-state index >= 15 is 0 Å². The summed E-state index contributed by atoms with van der Waals surface area (Å²) in [5, 5.41) is 0. The van der Waals surface area contributed by atoms with Crippen LogP contribution < -0.4 is 10.5 Å². The molecule has 0 amide bonds. The van der Waals surface area contributed by atoms with E-state index in [4.69, 9.17) is 15.2 Å². The first-order chi connectivity index (χ1) is 8.85. The van der Waals surface area contributed by atoms with Crippen molar-refractivity contribution in [1.29, 1.82) is 0 Å². The minimum Gasteiger partial charge on any atom is -0.491 e. The van der Waals surface area contributed by atoms with Gasteiger partial charge in [0.2, 0.25) is 0 Å². The van der Waals surface area contributed by atoms with Gasteiger partial charge < -0.3 is 15.2 Å². The van der Waals surface area contributed by atoms with Crippen LogP contribution in [0.1, 0.15) is 39.7 Å². The smallest absolute Gasteiger partial charge is 0.307 e. The van der Waals surface area contributed by atoms with Crippen molar-refractivity contribution in [3.8, 4) is 5.75 Å². The zero-order valence-electron chi connectivity index (χ0n) is 12.1. The Morgan fingerprint density at radius 1 is 1.32 bits per heavy atom. The van der Waals surface area contributed by atoms with Gasteiger partial charge in [0.05, 0.1) is 19.1 Å². The minimum absolute atomic E-state index is 0.134. The van der Waals surface area contributed by atoms with E-state index in [1.165, 1.54) is 0 Å². The van der Waals surface area contributed by atoms with E-state index in [1.807, 2.05) is 45.0 Å². The largest absolute Gasteiger partial charge is 0.491 e. The molecule has 0 aliphatic rings. The standard InChI is InChI=1S/C15H23NO3/c1-5-18-14(17)10-15(4,16)12-6-8-13(9-7-12)19-11(2)3/h6-9,11H,5,10,16H2,1-4H3. The topological polar surface area (TPSA) is 61.5 Å². The second-order valence-electron chi connectivity index (χ2n) is 5.09. The fourth-order valence-corrected chi connectivity index (χ4v) is 1.80. The third-order valence-electron chi connectivity index (χ3n) is 2.70. The predicted molar refractivity (Wildman–Crippen MR) is 75.0 cm³/mol. The Hall–Kier alpha value is -1.55. The molecule has 4 nitrogen and oxygen atoms in total. The second kappa shape index (κ2) is 6.57. The summed E-state index contributed by atoms with van der Waals surface area (Å²) in [4.78, 5) is 11.5. The van der Waals surface area contributed by atoms with Crippen molar-refractivity contribution in [2.45, 2.75) is 45.8 Å². The van der Waals surface area contributed by atoms with E-state index in [0.717, 1.165) is 11.3 Å². The van der Waals surface area contributed by atoms with E-state index in [9.17, 15) is 4.79 Å². The molecule has 1 unspecified atom stereocenters. The quantitative estimate of drug-likeness (QED) is 0.803. The summed E-state index contributed by atoms with van der Waals surface area (Å²) in [6.45, 7) is 7.92. The molecule has 19 heavy (non-hydrogen) atoms. The summed E-state index contributed by atoms with van der Waals surface area (Å²) in [7, 11) is 0. The first kappa shape index (κ1) is 15.5. The Morgan fingerprint density at radius 2 is 1.89 bits per heavy atom. The molecular formula is C15H23NO3. The van der Waals surface area contributed by atoms with Crippen LogP contribution in [0.15, 0.2) is 24.3 Å². The molecule has 0 bridgehead atoms. The number of carbonyl (C=O) groups is 1. The van der Waals surface area contributed by atoms with Gasteiger partial charge in [-0.05, 0) is 45.4 Å². The van der Waals surface area contributed by atoms with Crippen LogP contribution >= 0.6 is 0 Å². The zero-order chi connectivity index (χ0) is 14.5. The molecule has 0 radical (unpaired) electrons. The molecule has 1 aromatic rings. The van der Waals surface area contributed by atoms with Gasteiger partial charge in [-0.1, -0.05) is 12.1 Å². The molecule has 0 aliphatic heterocycles. The third-order valence-corrected chi connectivity index (χ3v) is 2.70. The Labute approximate surface area is 114 Å². The van der Waals surface area contributed by atoms with E-state index < -0.39 is 5.54 Å². The normalized spacial score (nSPS) is 14.0. The molecule has 1 aromatic carbocycles. The first-order valence-corrected chi connectivity index (χ1v) is 6.57. The lowest BCUT2D eigenvalue weighted by Crippen LogP contribution is -2.36. The molecule has 4 heteroatoms. The fraction of sp³-hybridized carbons (Fsp3) is 0.533. The average molecular weight is 265 g/mol. The summed E-state index contributed by atoms with van der Waals surface area (Å²) >= 11 is 0.